The van der Waals surface area contributed by atoms with E-state index in [1.54, 1.807) is 6.92 Å². The maximum Gasteiger partial charge on any atom is 0.261 e. The van der Waals surface area contributed by atoms with Gasteiger partial charge >= 0.3 is 0 Å². The van der Waals surface area contributed by atoms with Gasteiger partial charge in [-0.2, -0.15) is 4.31 Å². The Morgan fingerprint density at radius 2 is 1.77 bits per heavy atom. The second-order valence-corrected chi connectivity index (χ2v) is 6.98. The first-order chi connectivity index (χ1) is 9.71. The fourth-order valence-corrected chi connectivity index (χ4v) is 3.45. The Hall–Kier alpha value is -1.48. The summed E-state index contributed by atoms with van der Waals surface area (Å²) < 4.78 is 26.1. The third-order valence-corrected chi connectivity index (χ3v) is 5.67. The Morgan fingerprint density at radius 1 is 1.23 bits per heavy atom. The minimum Gasteiger partial charge on any atom is -0.329 e. The largest absolute Gasteiger partial charge is 0.329 e. The maximum atomic E-state index is 12.5. The van der Waals surface area contributed by atoms with E-state index in [4.69, 9.17) is 5.73 Å². The number of hydrogen-bond donors (Lipinski definition) is 1. The molecule has 0 saturated carbocycles. The predicted octanol–water partition coefficient (Wildman–Crippen LogP) is 0.302. The SMILES string of the molecule is CC(CN)N(C)S(=O)(=O)c1ccc2c(c1)C(=O)N(C)C2=O.Cl. The van der Waals surface area contributed by atoms with Gasteiger partial charge in [0, 0.05) is 26.7 Å². The van der Waals surface area contributed by atoms with E-state index in [9.17, 15) is 18.0 Å². The van der Waals surface area contributed by atoms with Crippen LogP contribution in [0.15, 0.2) is 23.1 Å². The number of likely N-dealkylation sites (N-methyl/N-ethyl adjacent to an activating group) is 1. The molecular weight excluding hydrogens is 330 g/mol. The van der Waals surface area contributed by atoms with Gasteiger partial charge in [0.25, 0.3) is 11.8 Å². The summed E-state index contributed by atoms with van der Waals surface area (Å²) in [6, 6.07) is 3.57. The number of fused-ring (bicyclic) bond motifs is 1. The molecule has 1 aliphatic heterocycles. The molecule has 22 heavy (non-hydrogen) atoms. The number of imide groups is 1. The lowest BCUT2D eigenvalue weighted by Gasteiger charge is -2.23. The summed E-state index contributed by atoms with van der Waals surface area (Å²) in [7, 11) is -0.967. The first-order valence-corrected chi connectivity index (χ1v) is 7.80. The molecule has 0 saturated heterocycles. The van der Waals surface area contributed by atoms with Crippen molar-refractivity contribution >= 4 is 34.2 Å². The molecule has 1 atom stereocenters. The van der Waals surface area contributed by atoms with Gasteiger partial charge in [0.2, 0.25) is 10.0 Å². The third-order valence-electron chi connectivity index (χ3n) is 3.70. The molecule has 9 heteroatoms. The molecule has 2 rings (SSSR count). The lowest BCUT2D eigenvalue weighted by molar-refractivity contribution is 0.0693. The van der Waals surface area contributed by atoms with Crippen LogP contribution < -0.4 is 5.73 Å². The quantitative estimate of drug-likeness (QED) is 0.789. The van der Waals surface area contributed by atoms with E-state index in [1.165, 1.54) is 32.3 Å². The molecule has 2 N–H and O–H groups in total. The highest BCUT2D eigenvalue weighted by Gasteiger charge is 2.35. The molecule has 1 unspecified atom stereocenters. The Bertz CT molecular complexity index is 720. The van der Waals surface area contributed by atoms with Gasteiger partial charge in [0.1, 0.15) is 0 Å². The molecule has 7 nitrogen and oxygen atoms in total. The fourth-order valence-electron chi connectivity index (χ4n) is 2.05. The van der Waals surface area contributed by atoms with Crippen LogP contribution in [0.4, 0.5) is 0 Å². The van der Waals surface area contributed by atoms with Crippen LogP contribution >= 0.6 is 12.4 Å². The molecule has 0 radical (unpaired) electrons. The Balaban J connectivity index is 0.00000242. The number of rotatable bonds is 4. The van der Waals surface area contributed by atoms with Gasteiger partial charge in [-0.25, -0.2) is 8.42 Å². The van der Waals surface area contributed by atoms with Crippen LogP contribution in [0.1, 0.15) is 27.6 Å². The molecule has 1 aromatic rings. The van der Waals surface area contributed by atoms with Gasteiger partial charge in [-0.3, -0.25) is 14.5 Å². The van der Waals surface area contributed by atoms with Crippen LogP contribution in [0.3, 0.4) is 0 Å². The lowest BCUT2D eigenvalue weighted by atomic mass is 10.1. The van der Waals surface area contributed by atoms with Crippen molar-refractivity contribution in [3.05, 3.63) is 29.3 Å². The van der Waals surface area contributed by atoms with E-state index in [2.05, 4.69) is 0 Å². The number of carbonyl (C=O) groups is 2. The number of carbonyl (C=O) groups excluding carboxylic acids is 2. The van der Waals surface area contributed by atoms with Crippen LogP contribution in [-0.4, -0.2) is 56.1 Å². The molecule has 0 aromatic heterocycles. The maximum absolute atomic E-state index is 12.5. The lowest BCUT2D eigenvalue weighted by Crippen LogP contribution is -2.39. The van der Waals surface area contributed by atoms with Crippen LogP contribution in [-0.2, 0) is 10.0 Å². The number of hydrogen-bond acceptors (Lipinski definition) is 5. The predicted molar refractivity (Wildman–Crippen MR) is 83.6 cm³/mol. The molecule has 0 fully saturated rings. The van der Waals surface area contributed by atoms with Crippen molar-refractivity contribution in [3.8, 4) is 0 Å². The van der Waals surface area contributed by atoms with Gasteiger partial charge in [-0.15, -0.1) is 12.4 Å². The highest BCUT2D eigenvalue weighted by atomic mass is 35.5. The van der Waals surface area contributed by atoms with Gasteiger partial charge in [-0.1, -0.05) is 0 Å². The van der Waals surface area contributed by atoms with Gasteiger partial charge in [-0.05, 0) is 25.1 Å². The first-order valence-electron chi connectivity index (χ1n) is 6.36. The summed E-state index contributed by atoms with van der Waals surface area (Å²) in [5.41, 5.74) is 5.81. The van der Waals surface area contributed by atoms with Crippen LogP contribution in [0, 0.1) is 0 Å². The number of amides is 2. The monoisotopic (exact) mass is 347 g/mol. The molecule has 2 amide bonds. The normalized spacial score (nSPS) is 15.8. The van der Waals surface area contributed by atoms with Crippen LogP contribution in [0.2, 0.25) is 0 Å². The summed E-state index contributed by atoms with van der Waals surface area (Å²) in [5.74, 6) is -0.927. The standard InChI is InChI=1S/C13H17N3O4S.ClH/c1-8(7-14)16(3)21(19,20)9-4-5-10-11(6-9)13(18)15(2)12(10)17;/h4-6,8H,7,14H2,1-3H3;1H. The average Bonchev–Trinajstić information content (AvgIpc) is 2.70. The highest BCUT2D eigenvalue weighted by Crippen LogP contribution is 2.26. The number of sulfonamides is 1. The molecule has 1 aromatic carbocycles. The van der Waals surface area contributed by atoms with Crippen molar-refractivity contribution in [1.82, 2.24) is 9.21 Å². The number of nitrogens with zero attached hydrogens (tertiary/aromatic N) is 2. The van der Waals surface area contributed by atoms with Gasteiger partial charge < -0.3 is 5.73 Å². The van der Waals surface area contributed by atoms with E-state index in [0.717, 1.165) is 9.21 Å². The molecule has 0 spiro atoms. The molecular formula is C13H18ClN3O4S. The van der Waals surface area contributed by atoms with Crippen molar-refractivity contribution in [2.24, 2.45) is 5.73 Å². The summed E-state index contributed by atoms with van der Waals surface area (Å²) in [6.07, 6.45) is 0. The smallest absolute Gasteiger partial charge is 0.261 e. The fraction of sp³-hybridized carbons (Fsp3) is 0.385. The Labute approximate surface area is 135 Å². The van der Waals surface area contributed by atoms with E-state index < -0.39 is 21.8 Å². The summed E-state index contributed by atoms with van der Waals surface area (Å²) in [4.78, 5) is 24.6. The minimum atomic E-state index is -3.76. The van der Waals surface area contributed by atoms with Crippen molar-refractivity contribution in [2.45, 2.75) is 17.9 Å². The Morgan fingerprint density at radius 3 is 2.32 bits per heavy atom. The Kier molecular flexibility index (Phi) is 5.34. The number of benzene rings is 1. The zero-order valence-electron chi connectivity index (χ0n) is 12.4. The zero-order chi connectivity index (χ0) is 15.9. The van der Waals surface area contributed by atoms with Crippen molar-refractivity contribution < 1.29 is 18.0 Å². The molecule has 122 valence electrons. The van der Waals surface area contributed by atoms with E-state index in [1.807, 2.05) is 0 Å². The van der Waals surface area contributed by atoms with Crippen molar-refractivity contribution in [2.75, 3.05) is 20.6 Å². The van der Waals surface area contributed by atoms with Gasteiger partial charge in [0.15, 0.2) is 0 Å². The van der Waals surface area contributed by atoms with Crippen molar-refractivity contribution in [3.63, 3.8) is 0 Å². The number of nitrogens with two attached hydrogens (primary N) is 1. The molecule has 0 bridgehead atoms. The van der Waals surface area contributed by atoms with E-state index >= 15 is 0 Å². The molecule has 0 aliphatic carbocycles. The summed E-state index contributed by atoms with van der Waals surface area (Å²) in [6.45, 7) is 1.87. The topological polar surface area (TPSA) is 101 Å². The second-order valence-electron chi connectivity index (χ2n) is 4.98. The number of halogens is 1. The highest BCUT2D eigenvalue weighted by molar-refractivity contribution is 7.89. The summed E-state index contributed by atoms with van der Waals surface area (Å²) in [5, 5.41) is 0. The van der Waals surface area contributed by atoms with E-state index in [0.29, 0.717) is 0 Å². The first kappa shape index (κ1) is 18.6. The van der Waals surface area contributed by atoms with Crippen LogP contribution in [0.25, 0.3) is 0 Å². The second kappa shape index (κ2) is 6.33. The molecule has 1 heterocycles. The van der Waals surface area contributed by atoms with Gasteiger partial charge in [0.05, 0.1) is 16.0 Å². The van der Waals surface area contributed by atoms with E-state index in [-0.39, 0.29) is 41.0 Å². The average molecular weight is 348 g/mol. The third kappa shape index (κ3) is 2.74. The minimum absolute atomic E-state index is 0. The van der Waals surface area contributed by atoms with Crippen LogP contribution in [0.5, 0.6) is 0 Å². The zero-order valence-corrected chi connectivity index (χ0v) is 14.1. The van der Waals surface area contributed by atoms with Crippen molar-refractivity contribution in [1.29, 1.82) is 0 Å². The summed E-state index contributed by atoms with van der Waals surface area (Å²) >= 11 is 0. The molecule has 1 aliphatic rings.